The molecular formula is C15H16O. The Morgan fingerprint density at radius 3 is 2.44 bits per heavy atom. The van der Waals surface area contributed by atoms with Gasteiger partial charge in [-0.05, 0) is 42.7 Å². The van der Waals surface area contributed by atoms with Crippen LogP contribution >= 0.6 is 0 Å². The summed E-state index contributed by atoms with van der Waals surface area (Å²) in [6, 6.07) is 16.2. The second-order valence-corrected chi connectivity index (χ2v) is 3.88. The van der Waals surface area contributed by atoms with Crippen LogP contribution in [0.5, 0.6) is 11.5 Å². The highest BCUT2D eigenvalue weighted by Gasteiger charge is 2.03. The standard InChI is InChI=1S/C15H16O/c1-3-13-10-9-12(2)11-15(13)16-14-7-5-4-6-8-14/h4-11H,3H2,1-2H3. The highest BCUT2D eigenvalue weighted by molar-refractivity contribution is 5.40. The number of hydrogen-bond acceptors (Lipinski definition) is 1. The Morgan fingerprint density at radius 1 is 1.00 bits per heavy atom. The molecule has 0 heterocycles. The molecule has 0 bridgehead atoms. The zero-order valence-corrected chi connectivity index (χ0v) is 9.73. The summed E-state index contributed by atoms with van der Waals surface area (Å²) in [5.74, 6) is 1.86. The average molecular weight is 212 g/mol. The minimum Gasteiger partial charge on any atom is -0.457 e. The number of aryl methyl sites for hydroxylation is 2. The Balaban J connectivity index is 2.30. The maximum Gasteiger partial charge on any atom is 0.130 e. The van der Waals surface area contributed by atoms with Crippen molar-refractivity contribution in [3.05, 3.63) is 59.7 Å². The molecule has 1 heteroatoms. The minimum absolute atomic E-state index is 0.891. The van der Waals surface area contributed by atoms with Crippen LogP contribution in [0.2, 0.25) is 0 Å². The van der Waals surface area contributed by atoms with Crippen LogP contribution in [0.15, 0.2) is 48.5 Å². The van der Waals surface area contributed by atoms with E-state index in [0.29, 0.717) is 0 Å². The smallest absolute Gasteiger partial charge is 0.130 e. The second kappa shape index (κ2) is 4.84. The summed E-state index contributed by atoms with van der Waals surface area (Å²) in [6.07, 6.45) is 0.989. The Hall–Kier alpha value is -1.76. The van der Waals surface area contributed by atoms with E-state index < -0.39 is 0 Å². The van der Waals surface area contributed by atoms with Gasteiger partial charge < -0.3 is 4.74 Å². The van der Waals surface area contributed by atoms with E-state index >= 15 is 0 Å². The monoisotopic (exact) mass is 212 g/mol. The molecular weight excluding hydrogens is 196 g/mol. The fourth-order valence-electron chi connectivity index (χ4n) is 1.66. The molecule has 16 heavy (non-hydrogen) atoms. The molecule has 2 aromatic carbocycles. The molecule has 0 atom stereocenters. The first-order valence-electron chi connectivity index (χ1n) is 5.62. The fraction of sp³-hybridized carbons (Fsp3) is 0.200. The highest BCUT2D eigenvalue weighted by Crippen LogP contribution is 2.26. The number of para-hydroxylation sites is 1. The van der Waals surface area contributed by atoms with E-state index in [9.17, 15) is 0 Å². The normalized spacial score (nSPS) is 10.1. The SMILES string of the molecule is CCc1ccc(C)cc1Oc1ccccc1. The summed E-state index contributed by atoms with van der Waals surface area (Å²) < 4.78 is 5.88. The summed E-state index contributed by atoms with van der Waals surface area (Å²) in [5.41, 5.74) is 2.47. The predicted molar refractivity (Wildman–Crippen MR) is 67.1 cm³/mol. The molecule has 0 saturated carbocycles. The van der Waals surface area contributed by atoms with Crippen LogP contribution < -0.4 is 4.74 Å². The van der Waals surface area contributed by atoms with Gasteiger partial charge in [-0.25, -0.2) is 0 Å². The van der Waals surface area contributed by atoms with Gasteiger partial charge in [0.15, 0.2) is 0 Å². The van der Waals surface area contributed by atoms with E-state index in [1.807, 2.05) is 30.3 Å². The van der Waals surface area contributed by atoms with Gasteiger partial charge in [0.25, 0.3) is 0 Å². The maximum atomic E-state index is 5.88. The van der Waals surface area contributed by atoms with Gasteiger partial charge in [-0.15, -0.1) is 0 Å². The largest absolute Gasteiger partial charge is 0.457 e. The lowest BCUT2D eigenvalue weighted by atomic mass is 10.1. The summed E-state index contributed by atoms with van der Waals surface area (Å²) in [7, 11) is 0. The lowest BCUT2D eigenvalue weighted by Gasteiger charge is -2.10. The Kier molecular flexibility index (Phi) is 3.25. The van der Waals surface area contributed by atoms with Crippen molar-refractivity contribution >= 4 is 0 Å². The first-order valence-corrected chi connectivity index (χ1v) is 5.62. The second-order valence-electron chi connectivity index (χ2n) is 3.88. The molecule has 0 aliphatic rings. The van der Waals surface area contributed by atoms with Gasteiger partial charge in [-0.1, -0.05) is 37.3 Å². The zero-order valence-electron chi connectivity index (χ0n) is 9.73. The number of rotatable bonds is 3. The Labute approximate surface area is 96.7 Å². The summed E-state index contributed by atoms with van der Waals surface area (Å²) in [6.45, 7) is 4.22. The van der Waals surface area contributed by atoms with Crippen molar-refractivity contribution in [1.29, 1.82) is 0 Å². The summed E-state index contributed by atoms with van der Waals surface area (Å²) in [4.78, 5) is 0. The summed E-state index contributed by atoms with van der Waals surface area (Å²) >= 11 is 0. The quantitative estimate of drug-likeness (QED) is 0.735. The number of ether oxygens (including phenoxy) is 1. The molecule has 0 N–H and O–H groups in total. The first-order chi connectivity index (χ1) is 7.79. The molecule has 0 radical (unpaired) electrons. The van der Waals surface area contributed by atoms with Crippen molar-refractivity contribution in [1.82, 2.24) is 0 Å². The lowest BCUT2D eigenvalue weighted by Crippen LogP contribution is -1.91. The van der Waals surface area contributed by atoms with Crippen LogP contribution in [-0.4, -0.2) is 0 Å². The molecule has 2 aromatic rings. The predicted octanol–water partition coefficient (Wildman–Crippen LogP) is 4.35. The Bertz CT molecular complexity index is 460. The van der Waals surface area contributed by atoms with Crippen molar-refractivity contribution < 1.29 is 4.74 Å². The first kappa shape index (κ1) is 10.7. The molecule has 0 amide bonds. The van der Waals surface area contributed by atoms with E-state index in [4.69, 9.17) is 4.74 Å². The molecule has 0 saturated heterocycles. The number of hydrogen-bond donors (Lipinski definition) is 0. The number of benzene rings is 2. The molecule has 0 aliphatic heterocycles. The van der Waals surface area contributed by atoms with Crippen molar-refractivity contribution in [2.75, 3.05) is 0 Å². The van der Waals surface area contributed by atoms with Crippen LogP contribution in [0.4, 0.5) is 0 Å². The molecule has 82 valence electrons. The van der Waals surface area contributed by atoms with Crippen molar-refractivity contribution in [3.8, 4) is 11.5 Å². The molecule has 0 unspecified atom stereocenters. The van der Waals surface area contributed by atoms with E-state index in [-0.39, 0.29) is 0 Å². The van der Waals surface area contributed by atoms with Gasteiger partial charge >= 0.3 is 0 Å². The van der Waals surface area contributed by atoms with Crippen LogP contribution in [-0.2, 0) is 6.42 Å². The molecule has 2 rings (SSSR count). The topological polar surface area (TPSA) is 9.23 Å². The van der Waals surface area contributed by atoms with E-state index in [1.165, 1.54) is 11.1 Å². The van der Waals surface area contributed by atoms with Gasteiger partial charge in [0.1, 0.15) is 11.5 Å². The van der Waals surface area contributed by atoms with Crippen LogP contribution in [0, 0.1) is 6.92 Å². The molecule has 0 aromatic heterocycles. The third-order valence-corrected chi connectivity index (χ3v) is 2.57. The van der Waals surface area contributed by atoms with Gasteiger partial charge in [0.05, 0.1) is 0 Å². The van der Waals surface area contributed by atoms with Gasteiger partial charge in [0.2, 0.25) is 0 Å². The highest BCUT2D eigenvalue weighted by atomic mass is 16.5. The molecule has 1 nitrogen and oxygen atoms in total. The van der Waals surface area contributed by atoms with Gasteiger partial charge in [-0.2, -0.15) is 0 Å². The Morgan fingerprint density at radius 2 is 1.75 bits per heavy atom. The van der Waals surface area contributed by atoms with Crippen molar-refractivity contribution in [2.24, 2.45) is 0 Å². The zero-order chi connectivity index (χ0) is 11.4. The molecule has 0 spiro atoms. The third-order valence-electron chi connectivity index (χ3n) is 2.57. The van der Waals surface area contributed by atoms with Crippen molar-refractivity contribution in [2.45, 2.75) is 20.3 Å². The van der Waals surface area contributed by atoms with E-state index in [0.717, 1.165) is 17.9 Å². The minimum atomic E-state index is 0.891. The van der Waals surface area contributed by atoms with Gasteiger partial charge in [0, 0.05) is 0 Å². The van der Waals surface area contributed by atoms with E-state index in [2.05, 4.69) is 32.0 Å². The lowest BCUT2D eigenvalue weighted by molar-refractivity contribution is 0.476. The molecule has 0 fully saturated rings. The van der Waals surface area contributed by atoms with Crippen molar-refractivity contribution in [3.63, 3.8) is 0 Å². The van der Waals surface area contributed by atoms with E-state index in [1.54, 1.807) is 0 Å². The van der Waals surface area contributed by atoms with Crippen LogP contribution in [0.3, 0.4) is 0 Å². The maximum absolute atomic E-state index is 5.88. The third kappa shape index (κ3) is 2.43. The fourth-order valence-corrected chi connectivity index (χ4v) is 1.66. The van der Waals surface area contributed by atoms with Crippen LogP contribution in [0.25, 0.3) is 0 Å². The molecule has 0 aliphatic carbocycles. The van der Waals surface area contributed by atoms with Gasteiger partial charge in [-0.3, -0.25) is 0 Å². The average Bonchev–Trinajstić information content (AvgIpc) is 2.31. The summed E-state index contributed by atoms with van der Waals surface area (Å²) in [5, 5.41) is 0. The van der Waals surface area contributed by atoms with Crippen LogP contribution in [0.1, 0.15) is 18.1 Å².